The van der Waals surface area contributed by atoms with E-state index in [9.17, 15) is 9.59 Å². The molecule has 1 fully saturated rings. The van der Waals surface area contributed by atoms with Crippen molar-refractivity contribution in [1.29, 1.82) is 0 Å². The summed E-state index contributed by atoms with van der Waals surface area (Å²) in [6, 6.07) is 18.3. The number of fused-ring (bicyclic) bond motifs is 2. The number of nitrogens with one attached hydrogen (secondary N) is 1. The molecule has 9 heteroatoms. The van der Waals surface area contributed by atoms with E-state index in [2.05, 4.69) is 39.2 Å². The van der Waals surface area contributed by atoms with Crippen LogP contribution in [0.1, 0.15) is 47.4 Å². The molecule has 4 heterocycles. The number of para-hydroxylation sites is 1. The topological polar surface area (TPSA) is 111 Å². The Kier molecular flexibility index (Phi) is 7.00. The summed E-state index contributed by atoms with van der Waals surface area (Å²) in [4.78, 5) is 34.3. The van der Waals surface area contributed by atoms with Crippen LogP contribution in [0.2, 0.25) is 0 Å². The van der Waals surface area contributed by atoms with Crippen molar-refractivity contribution in [1.82, 2.24) is 29.4 Å². The van der Waals surface area contributed by atoms with Gasteiger partial charge in [0.05, 0.1) is 11.4 Å². The number of amides is 1. The molecule has 0 radical (unpaired) electrons. The van der Waals surface area contributed by atoms with E-state index in [4.69, 9.17) is 5.73 Å². The van der Waals surface area contributed by atoms with E-state index in [0.29, 0.717) is 33.9 Å². The molecular weight excluding hydrogens is 514 g/mol. The van der Waals surface area contributed by atoms with Crippen LogP contribution < -0.4 is 16.6 Å². The van der Waals surface area contributed by atoms with Gasteiger partial charge in [-0.25, -0.2) is 9.50 Å². The van der Waals surface area contributed by atoms with Crippen molar-refractivity contribution in [2.45, 2.75) is 25.8 Å². The lowest BCUT2D eigenvalue weighted by atomic mass is 9.96. The third-order valence-corrected chi connectivity index (χ3v) is 7.66. The summed E-state index contributed by atoms with van der Waals surface area (Å²) in [5.74, 6) is 6.74. The molecule has 1 atom stereocenters. The lowest BCUT2D eigenvalue weighted by Gasteiger charge is -2.25. The van der Waals surface area contributed by atoms with Crippen molar-refractivity contribution in [3.63, 3.8) is 0 Å². The van der Waals surface area contributed by atoms with Crippen LogP contribution in [0, 0.1) is 17.8 Å². The highest BCUT2D eigenvalue weighted by Crippen LogP contribution is 2.25. The van der Waals surface area contributed by atoms with Crippen molar-refractivity contribution in [3.05, 3.63) is 100 Å². The minimum absolute atomic E-state index is 0.0835. The predicted octanol–water partition coefficient (Wildman–Crippen LogP) is 3.80. The second-order valence-corrected chi connectivity index (χ2v) is 10.5. The SMILES string of the molecule is CC(NC(=O)c1c(N)nn2cccnc12)c1cc2cccc(C#CC3CCN(C)CC3)c2c(=O)n1-c1ccccc1. The number of likely N-dealkylation sites (tertiary alicyclic amines) is 1. The zero-order valence-corrected chi connectivity index (χ0v) is 23.0. The summed E-state index contributed by atoms with van der Waals surface area (Å²) >= 11 is 0. The first kappa shape index (κ1) is 26.3. The van der Waals surface area contributed by atoms with Gasteiger partial charge in [-0.15, -0.1) is 5.10 Å². The number of nitrogens with zero attached hydrogens (tertiary/aromatic N) is 5. The van der Waals surface area contributed by atoms with Crippen molar-refractivity contribution in [2.75, 3.05) is 25.9 Å². The molecule has 1 saturated heterocycles. The number of aromatic nitrogens is 4. The Morgan fingerprint density at radius 2 is 1.88 bits per heavy atom. The number of carbonyl (C=O) groups is 1. The monoisotopic (exact) mass is 545 g/mol. The largest absolute Gasteiger partial charge is 0.381 e. The average Bonchev–Trinajstić information content (AvgIpc) is 3.32. The number of nitrogen functional groups attached to an aromatic ring is 1. The van der Waals surface area contributed by atoms with Crippen LogP contribution >= 0.6 is 0 Å². The normalized spacial score (nSPS) is 15.0. The van der Waals surface area contributed by atoms with Gasteiger partial charge in [-0.05, 0) is 75.6 Å². The quantitative estimate of drug-likeness (QED) is 0.333. The van der Waals surface area contributed by atoms with E-state index < -0.39 is 11.9 Å². The van der Waals surface area contributed by atoms with E-state index in [1.54, 1.807) is 23.0 Å². The summed E-state index contributed by atoms with van der Waals surface area (Å²) < 4.78 is 3.13. The highest BCUT2D eigenvalue weighted by molar-refractivity contribution is 6.04. The molecule has 5 aromatic rings. The summed E-state index contributed by atoms with van der Waals surface area (Å²) in [7, 11) is 2.13. The van der Waals surface area contributed by atoms with E-state index >= 15 is 0 Å². The fraction of sp³-hybridized carbons (Fsp3) is 0.250. The Morgan fingerprint density at radius 3 is 2.66 bits per heavy atom. The number of anilines is 1. The van der Waals surface area contributed by atoms with E-state index in [-0.39, 0.29) is 16.9 Å². The molecule has 41 heavy (non-hydrogen) atoms. The van der Waals surface area contributed by atoms with E-state index in [1.807, 2.05) is 61.5 Å². The minimum atomic E-state index is -0.549. The van der Waals surface area contributed by atoms with Crippen LogP contribution in [0.25, 0.3) is 22.1 Å². The zero-order valence-electron chi connectivity index (χ0n) is 23.0. The summed E-state index contributed by atoms with van der Waals surface area (Å²) in [6.07, 6.45) is 5.32. The van der Waals surface area contributed by atoms with Crippen LogP contribution in [0.4, 0.5) is 5.82 Å². The highest BCUT2D eigenvalue weighted by atomic mass is 16.2. The Bertz CT molecular complexity index is 1870. The fourth-order valence-electron chi connectivity index (χ4n) is 5.45. The number of benzene rings is 2. The molecule has 0 aliphatic carbocycles. The Morgan fingerprint density at radius 1 is 1.10 bits per heavy atom. The van der Waals surface area contributed by atoms with Crippen molar-refractivity contribution in [3.8, 4) is 17.5 Å². The first-order valence-electron chi connectivity index (χ1n) is 13.7. The lowest BCUT2D eigenvalue weighted by molar-refractivity contribution is 0.0941. The predicted molar refractivity (Wildman–Crippen MR) is 160 cm³/mol. The van der Waals surface area contributed by atoms with Gasteiger partial charge in [-0.1, -0.05) is 42.2 Å². The second kappa shape index (κ2) is 10.9. The van der Waals surface area contributed by atoms with Crippen LogP contribution in [0.15, 0.2) is 77.9 Å². The van der Waals surface area contributed by atoms with Crippen molar-refractivity contribution in [2.24, 2.45) is 5.92 Å². The van der Waals surface area contributed by atoms with Gasteiger partial charge in [0, 0.05) is 35.3 Å². The second-order valence-electron chi connectivity index (χ2n) is 10.5. The first-order chi connectivity index (χ1) is 19.9. The molecule has 1 unspecified atom stereocenters. The molecule has 0 bridgehead atoms. The number of hydrogen-bond donors (Lipinski definition) is 2. The molecule has 0 spiro atoms. The molecule has 0 saturated carbocycles. The molecule has 206 valence electrons. The Hall–Kier alpha value is -4.94. The molecule has 6 rings (SSSR count). The van der Waals surface area contributed by atoms with Gasteiger partial charge in [0.15, 0.2) is 11.5 Å². The first-order valence-corrected chi connectivity index (χ1v) is 13.7. The smallest absolute Gasteiger partial charge is 0.264 e. The van der Waals surface area contributed by atoms with E-state index in [1.165, 1.54) is 4.52 Å². The molecule has 1 aliphatic rings. The zero-order chi connectivity index (χ0) is 28.5. The molecule has 1 amide bonds. The third kappa shape index (κ3) is 5.06. The van der Waals surface area contributed by atoms with Gasteiger partial charge >= 0.3 is 0 Å². The minimum Gasteiger partial charge on any atom is -0.381 e. The van der Waals surface area contributed by atoms with Gasteiger partial charge in [0.1, 0.15) is 5.56 Å². The lowest BCUT2D eigenvalue weighted by Crippen LogP contribution is -2.32. The molecule has 3 aromatic heterocycles. The third-order valence-electron chi connectivity index (χ3n) is 7.66. The van der Waals surface area contributed by atoms with Gasteiger partial charge in [0.2, 0.25) is 0 Å². The number of carbonyl (C=O) groups excluding carboxylic acids is 1. The number of nitrogens with two attached hydrogens (primary N) is 1. The Labute approximate surface area is 237 Å². The molecule has 1 aliphatic heterocycles. The number of pyridine rings is 1. The van der Waals surface area contributed by atoms with Gasteiger partial charge in [0.25, 0.3) is 11.5 Å². The number of hydrogen-bond acceptors (Lipinski definition) is 6. The van der Waals surface area contributed by atoms with Crippen molar-refractivity contribution >= 4 is 28.1 Å². The fourth-order valence-corrected chi connectivity index (χ4v) is 5.45. The van der Waals surface area contributed by atoms with Gasteiger partial charge in [-0.2, -0.15) is 0 Å². The van der Waals surface area contributed by atoms with Crippen LogP contribution in [-0.4, -0.2) is 50.1 Å². The van der Waals surface area contributed by atoms with Crippen LogP contribution in [0.3, 0.4) is 0 Å². The van der Waals surface area contributed by atoms with E-state index in [0.717, 1.165) is 31.3 Å². The Balaban J connectivity index is 1.43. The summed E-state index contributed by atoms with van der Waals surface area (Å²) in [5, 5.41) is 8.55. The molecular formula is C32H31N7O2. The molecule has 2 aromatic carbocycles. The van der Waals surface area contributed by atoms with Crippen molar-refractivity contribution < 1.29 is 4.79 Å². The average molecular weight is 546 g/mol. The highest BCUT2D eigenvalue weighted by Gasteiger charge is 2.24. The maximum atomic E-state index is 14.2. The number of rotatable bonds is 4. The van der Waals surface area contributed by atoms with Gasteiger partial charge < -0.3 is 16.0 Å². The maximum Gasteiger partial charge on any atom is 0.264 e. The summed E-state index contributed by atoms with van der Waals surface area (Å²) in [6.45, 7) is 3.90. The molecule has 9 nitrogen and oxygen atoms in total. The number of piperidine rings is 1. The van der Waals surface area contributed by atoms with Crippen LogP contribution in [-0.2, 0) is 0 Å². The standard InChI is InChI=1S/C32H31N7O2/c1-21(35-31(40)28-29(33)36-38-17-7-16-34-30(28)38)26-20-24-9-6-8-23(13-12-22-14-18-37(2)19-15-22)27(24)32(41)39(26)25-10-4-3-5-11-25/h3-11,16-17,20-22H,14-15,18-19H2,1-2H3,(H2,33,36)(H,35,40). The van der Waals surface area contributed by atoms with Gasteiger partial charge in [-0.3, -0.25) is 14.2 Å². The van der Waals surface area contributed by atoms with Crippen LogP contribution in [0.5, 0.6) is 0 Å². The summed E-state index contributed by atoms with van der Waals surface area (Å²) in [5.41, 5.74) is 8.50. The maximum absolute atomic E-state index is 14.2. The molecule has 3 N–H and O–H groups in total.